The maximum Gasteiger partial charge on any atom is 0.317 e. The van der Waals surface area contributed by atoms with E-state index in [2.05, 4.69) is 15.9 Å². The minimum atomic E-state index is -3.10. The molecule has 0 fully saturated rings. The molecule has 0 saturated heterocycles. The number of hydrogen-bond donors (Lipinski definition) is 1. The van der Waals surface area contributed by atoms with Crippen molar-refractivity contribution in [2.45, 2.75) is 6.43 Å². The van der Waals surface area contributed by atoms with E-state index >= 15 is 0 Å². The van der Waals surface area contributed by atoms with Crippen molar-refractivity contribution < 1.29 is 13.6 Å². The maximum atomic E-state index is 12.0. The van der Waals surface area contributed by atoms with Gasteiger partial charge in [-0.25, -0.2) is 10.9 Å². The average Bonchev–Trinajstić information content (AvgIpc) is 2.15. The van der Waals surface area contributed by atoms with Crippen molar-refractivity contribution in [1.82, 2.24) is 0 Å². The highest BCUT2D eigenvalue weighted by atomic mass is 79.9. The van der Waals surface area contributed by atoms with Crippen LogP contribution in [0.4, 0.5) is 14.5 Å². The van der Waals surface area contributed by atoms with Gasteiger partial charge in [0.1, 0.15) is 0 Å². The normalized spacial score (nSPS) is 10.4. The molecule has 14 heavy (non-hydrogen) atoms. The van der Waals surface area contributed by atoms with Crippen molar-refractivity contribution in [1.29, 1.82) is 0 Å². The number of amides is 1. The number of carbonyl (C=O) groups excluding carboxylic acids is 1. The topological polar surface area (TPSA) is 46.3 Å². The molecular weight excluding hydrogens is 258 g/mol. The fourth-order valence-electron chi connectivity index (χ4n) is 0.858. The first kappa shape index (κ1) is 11.1. The molecule has 0 heterocycles. The van der Waals surface area contributed by atoms with E-state index in [0.717, 1.165) is 0 Å². The largest absolute Gasteiger partial charge is 0.317 e. The van der Waals surface area contributed by atoms with Crippen LogP contribution in [0.5, 0.6) is 0 Å². The van der Waals surface area contributed by atoms with Crippen molar-refractivity contribution in [2.24, 2.45) is 5.84 Å². The van der Waals surface area contributed by atoms with Crippen LogP contribution in [0.25, 0.3) is 0 Å². The van der Waals surface area contributed by atoms with Crippen LogP contribution in [0.15, 0.2) is 28.7 Å². The number of hydrazine groups is 1. The molecule has 1 aromatic carbocycles. The molecule has 1 aromatic rings. The smallest absolute Gasteiger partial charge is 0.266 e. The number of nitrogens with two attached hydrogens (primary N) is 1. The Kier molecular flexibility index (Phi) is 3.54. The molecule has 1 amide bonds. The molecule has 0 aliphatic carbocycles. The SMILES string of the molecule is NN(C(=O)C(F)F)c1cccc(Br)c1. The first-order valence-corrected chi connectivity index (χ1v) is 4.44. The van der Waals surface area contributed by atoms with Gasteiger partial charge in [0.25, 0.3) is 0 Å². The first-order chi connectivity index (χ1) is 6.52. The summed E-state index contributed by atoms with van der Waals surface area (Å²) in [6.07, 6.45) is -3.10. The Morgan fingerprint density at radius 3 is 2.64 bits per heavy atom. The van der Waals surface area contributed by atoms with Crippen LogP contribution < -0.4 is 10.9 Å². The summed E-state index contributed by atoms with van der Waals surface area (Å²) in [6.45, 7) is 0. The number of hydrogen-bond acceptors (Lipinski definition) is 2. The number of halogens is 3. The minimum absolute atomic E-state index is 0.213. The van der Waals surface area contributed by atoms with E-state index in [1.165, 1.54) is 12.1 Å². The molecule has 0 saturated carbocycles. The third-order valence-corrected chi connectivity index (χ3v) is 2.00. The lowest BCUT2D eigenvalue weighted by molar-refractivity contribution is -0.129. The summed E-state index contributed by atoms with van der Waals surface area (Å²) in [5, 5.41) is 0.426. The van der Waals surface area contributed by atoms with Crippen molar-refractivity contribution in [3.63, 3.8) is 0 Å². The number of carbonyl (C=O) groups is 1. The summed E-state index contributed by atoms with van der Waals surface area (Å²) >= 11 is 3.14. The molecule has 0 unspecified atom stereocenters. The Hall–Kier alpha value is -1.01. The lowest BCUT2D eigenvalue weighted by Gasteiger charge is -2.15. The second-order valence-corrected chi connectivity index (χ2v) is 3.40. The molecule has 1 rings (SSSR count). The van der Waals surface area contributed by atoms with E-state index < -0.39 is 12.3 Å². The predicted octanol–water partition coefficient (Wildman–Crippen LogP) is 1.92. The second-order valence-electron chi connectivity index (χ2n) is 2.49. The quantitative estimate of drug-likeness (QED) is 0.504. The molecule has 0 spiro atoms. The van der Waals surface area contributed by atoms with Gasteiger partial charge in [-0.05, 0) is 18.2 Å². The summed E-state index contributed by atoms with van der Waals surface area (Å²) < 4.78 is 24.6. The van der Waals surface area contributed by atoms with Gasteiger partial charge in [0.2, 0.25) is 0 Å². The van der Waals surface area contributed by atoms with Crippen LogP contribution in [-0.4, -0.2) is 12.3 Å². The Labute approximate surface area is 87.6 Å². The van der Waals surface area contributed by atoms with Crippen LogP contribution >= 0.6 is 15.9 Å². The zero-order valence-electron chi connectivity index (χ0n) is 6.95. The fraction of sp³-hybridized carbons (Fsp3) is 0.125. The average molecular weight is 265 g/mol. The van der Waals surface area contributed by atoms with Gasteiger partial charge >= 0.3 is 12.3 Å². The Balaban J connectivity index is 2.89. The monoisotopic (exact) mass is 264 g/mol. The van der Waals surface area contributed by atoms with Gasteiger partial charge in [0, 0.05) is 4.47 Å². The van der Waals surface area contributed by atoms with Gasteiger partial charge in [-0.1, -0.05) is 22.0 Å². The predicted molar refractivity (Wildman–Crippen MR) is 51.8 cm³/mol. The molecule has 0 radical (unpaired) electrons. The van der Waals surface area contributed by atoms with Crippen molar-refractivity contribution in [3.05, 3.63) is 28.7 Å². The van der Waals surface area contributed by atoms with E-state index in [-0.39, 0.29) is 5.69 Å². The third-order valence-electron chi connectivity index (χ3n) is 1.51. The highest BCUT2D eigenvalue weighted by Crippen LogP contribution is 2.18. The number of nitrogens with zero attached hydrogens (tertiary/aromatic N) is 1. The van der Waals surface area contributed by atoms with E-state index in [1.54, 1.807) is 12.1 Å². The lowest BCUT2D eigenvalue weighted by Crippen LogP contribution is -2.41. The first-order valence-electron chi connectivity index (χ1n) is 3.64. The molecule has 0 bridgehead atoms. The Bertz CT molecular complexity index is 346. The highest BCUT2D eigenvalue weighted by molar-refractivity contribution is 9.10. The van der Waals surface area contributed by atoms with E-state index in [1.807, 2.05) is 0 Å². The summed E-state index contributed by atoms with van der Waals surface area (Å²) in [4.78, 5) is 10.8. The van der Waals surface area contributed by atoms with Gasteiger partial charge in [0.05, 0.1) is 5.69 Å². The Morgan fingerprint density at radius 1 is 1.50 bits per heavy atom. The summed E-state index contributed by atoms with van der Waals surface area (Å²) in [5.41, 5.74) is 0.213. The second kappa shape index (κ2) is 4.47. The highest BCUT2D eigenvalue weighted by Gasteiger charge is 2.21. The van der Waals surface area contributed by atoms with Gasteiger partial charge in [-0.2, -0.15) is 8.78 Å². The number of rotatable bonds is 2. The minimum Gasteiger partial charge on any atom is -0.266 e. The molecule has 0 atom stereocenters. The van der Waals surface area contributed by atoms with Gasteiger partial charge in [-0.3, -0.25) is 4.79 Å². The van der Waals surface area contributed by atoms with Crippen molar-refractivity contribution in [3.8, 4) is 0 Å². The van der Waals surface area contributed by atoms with Gasteiger partial charge in [0.15, 0.2) is 0 Å². The molecule has 2 N–H and O–H groups in total. The van der Waals surface area contributed by atoms with E-state index in [4.69, 9.17) is 5.84 Å². The van der Waals surface area contributed by atoms with Gasteiger partial charge in [-0.15, -0.1) is 0 Å². The zero-order valence-corrected chi connectivity index (χ0v) is 8.54. The number of anilines is 1. The maximum absolute atomic E-state index is 12.0. The van der Waals surface area contributed by atoms with Crippen LogP contribution in [0.3, 0.4) is 0 Å². The molecule has 0 aliphatic heterocycles. The van der Waals surface area contributed by atoms with Crippen molar-refractivity contribution >= 4 is 27.5 Å². The molecular formula is C8H7BrF2N2O. The number of alkyl halides is 2. The van der Waals surface area contributed by atoms with E-state index in [9.17, 15) is 13.6 Å². The third kappa shape index (κ3) is 2.49. The molecule has 0 aliphatic rings. The molecule has 6 heteroatoms. The van der Waals surface area contributed by atoms with Crippen LogP contribution in [0.1, 0.15) is 0 Å². The van der Waals surface area contributed by atoms with Crippen LogP contribution in [0.2, 0.25) is 0 Å². The van der Waals surface area contributed by atoms with Crippen LogP contribution in [0, 0.1) is 0 Å². The standard InChI is InChI=1S/C8H7BrF2N2O/c9-5-2-1-3-6(4-5)13(12)8(14)7(10)11/h1-4,7H,12H2. The summed E-state index contributed by atoms with van der Waals surface area (Å²) in [5.74, 6) is 3.76. The van der Waals surface area contributed by atoms with Gasteiger partial charge < -0.3 is 0 Å². The van der Waals surface area contributed by atoms with Crippen molar-refractivity contribution in [2.75, 3.05) is 5.01 Å². The van der Waals surface area contributed by atoms with E-state index in [0.29, 0.717) is 9.48 Å². The zero-order chi connectivity index (χ0) is 10.7. The molecule has 76 valence electrons. The molecule has 3 nitrogen and oxygen atoms in total. The fourth-order valence-corrected chi connectivity index (χ4v) is 1.25. The number of benzene rings is 1. The lowest BCUT2D eigenvalue weighted by atomic mass is 10.3. The summed E-state index contributed by atoms with van der Waals surface area (Å²) in [7, 11) is 0. The Morgan fingerprint density at radius 2 is 2.14 bits per heavy atom. The summed E-state index contributed by atoms with van der Waals surface area (Å²) in [6, 6.07) is 6.23. The van der Waals surface area contributed by atoms with Crippen LogP contribution in [-0.2, 0) is 4.79 Å². The molecule has 0 aromatic heterocycles.